The van der Waals surface area contributed by atoms with Crippen LogP contribution in [0.5, 0.6) is 11.5 Å². The van der Waals surface area contributed by atoms with Gasteiger partial charge in [-0.2, -0.15) is 27.1 Å². The number of benzene rings is 2. The van der Waals surface area contributed by atoms with E-state index in [4.69, 9.17) is 4.74 Å². The number of hydrazone groups is 1. The Kier molecular flexibility index (Phi) is 6.51. The SMILES string of the molecule is CCOc1ccc(S(=O)(=O)N/N=C(/C)c2ccccc2OC(F)F)cc1. The highest BCUT2D eigenvalue weighted by Gasteiger charge is 2.15. The molecular weight excluding hydrogens is 366 g/mol. The first kappa shape index (κ1) is 19.6. The lowest BCUT2D eigenvalue weighted by Gasteiger charge is -2.11. The summed E-state index contributed by atoms with van der Waals surface area (Å²) in [5.41, 5.74) is 0.429. The fourth-order valence-electron chi connectivity index (χ4n) is 2.09. The predicted octanol–water partition coefficient (Wildman–Crippen LogP) is 3.39. The summed E-state index contributed by atoms with van der Waals surface area (Å²) in [6.07, 6.45) is 0. The maximum absolute atomic E-state index is 12.5. The summed E-state index contributed by atoms with van der Waals surface area (Å²) in [6, 6.07) is 11.8. The average Bonchev–Trinajstić information content (AvgIpc) is 2.60. The summed E-state index contributed by atoms with van der Waals surface area (Å²) < 4.78 is 59.2. The summed E-state index contributed by atoms with van der Waals surface area (Å²) >= 11 is 0. The van der Waals surface area contributed by atoms with Crippen LogP contribution in [0.4, 0.5) is 8.78 Å². The van der Waals surface area contributed by atoms with Gasteiger partial charge < -0.3 is 9.47 Å². The first-order chi connectivity index (χ1) is 12.3. The minimum Gasteiger partial charge on any atom is -0.494 e. The second-order valence-electron chi connectivity index (χ2n) is 5.07. The quantitative estimate of drug-likeness (QED) is 0.559. The zero-order chi connectivity index (χ0) is 19.2. The summed E-state index contributed by atoms with van der Waals surface area (Å²) in [5.74, 6) is 0.452. The van der Waals surface area contributed by atoms with Crippen molar-refractivity contribution in [2.45, 2.75) is 25.4 Å². The maximum atomic E-state index is 12.5. The predicted molar refractivity (Wildman–Crippen MR) is 93.2 cm³/mol. The Bertz CT molecular complexity index is 869. The highest BCUT2D eigenvalue weighted by molar-refractivity contribution is 7.89. The Morgan fingerprint density at radius 2 is 1.81 bits per heavy atom. The summed E-state index contributed by atoms with van der Waals surface area (Å²) in [5, 5.41) is 3.79. The molecule has 0 saturated heterocycles. The van der Waals surface area contributed by atoms with Crippen molar-refractivity contribution in [2.75, 3.05) is 6.61 Å². The molecular formula is C17H18F2N2O4S. The molecule has 0 aliphatic rings. The van der Waals surface area contributed by atoms with Crippen LogP contribution in [0.2, 0.25) is 0 Å². The van der Waals surface area contributed by atoms with Crippen LogP contribution in [0.25, 0.3) is 0 Å². The smallest absolute Gasteiger partial charge is 0.387 e. The summed E-state index contributed by atoms with van der Waals surface area (Å²) in [6.45, 7) is 0.770. The molecule has 0 atom stereocenters. The monoisotopic (exact) mass is 384 g/mol. The topological polar surface area (TPSA) is 77.0 Å². The molecule has 0 heterocycles. The van der Waals surface area contributed by atoms with Gasteiger partial charge in [-0.25, -0.2) is 0 Å². The number of rotatable bonds is 8. The highest BCUT2D eigenvalue weighted by atomic mass is 32.2. The van der Waals surface area contributed by atoms with Crippen molar-refractivity contribution in [2.24, 2.45) is 5.10 Å². The van der Waals surface area contributed by atoms with Crippen molar-refractivity contribution < 1.29 is 26.7 Å². The van der Waals surface area contributed by atoms with Crippen LogP contribution in [-0.2, 0) is 10.0 Å². The molecule has 9 heteroatoms. The summed E-state index contributed by atoms with van der Waals surface area (Å²) in [4.78, 5) is 2.08. The third-order valence-electron chi connectivity index (χ3n) is 3.27. The molecule has 1 N–H and O–H groups in total. The van der Waals surface area contributed by atoms with E-state index in [1.165, 1.54) is 49.4 Å². The van der Waals surface area contributed by atoms with E-state index >= 15 is 0 Å². The molecule has 0 aromatic heterocycles. The van der Waals surface area contributed by atoms with E-state index in [1.807, 2.05) is 6.92 Å². The molecule has 0 spiro atoms. The van der Waals surface area contributed by atoms with E-state index < -0.39 is 16.6 Å². The number of nitrogens with one attached hydrogen (secondary N) is 1. The minimum absolute atomic E-state index is 0.00498. The largest absolute Gasteiger partial charge is 0.494 e. The number of alkyl halides is 2. The van der Waals surface area contributed by atoms with Crippen molar-refractivity contribution in [3.05, 3.63) is 54.1 Å². The lowest BCUT2D eigenvalue weighted by Crippen LogP contribution is -2.20. The number of ether oxygens (including phenoxy) is 2. The third-order valence-corrected chi connectivity index (χ3v) is 4.50. The Morgan fingerprint density at radius 3 is 2.42 bits per heavy atom. The first-order valence-electron chi connectivity index (χ1n) is 7.66. The van der Waals surface area contributed by atoms with Gasteiger partial charge in [0.05, 0.1) is 17.2 Å². The molecule has 2 aromatic carbocycles. The van der Waals surface area contributed by atoms with Gasteiger partial charge >= 0.3 is 6.61 Å². The molecule has 0 fully saturated rings. The molecule has 0 unspecified atom stereocenters. The van der Waals surface area contributed by atoms with Gasteiger partial charge in [-0.3, -0.25) is 0 Å². The van der Waals surface area contributed by atoms with Gasteiger partial charge in [-0.1, -0.05) is 12.1 Å². The fourth-order valence-corrected chi connectivity index (χ4v) is 2.94. The van der Waals surface area contributed by atoms with E-state index in [-0.39, 0.29) is 21.9 Å². The molecule has 0 aliphatic carbocycles. The van der Waals surface area contributed by atoms with E-state index in [0.717, 1.165) is 0 Å². The van der Waals surface area contributed by atoms with Crippen molar-refractivity contribution in [3.63, 3.8) is 0 Å². The Balaban J connectivity index is 2.19. The van der Waals surface area contributed by atoms with Crippen LogP contribution in [-0.4, -0.2) is 27.3 Å². The molecule has 0 saturated carbocycles. The van der Waals surface area contributed by atoms with Crippen LogP contribution in [0.1, 0.15) is 19.4 Å². The van der Waals surface area contributed by atoms with Crippen LogP contribution in [0.3, 0.4) is 0 Å². The van der Waals surface area contributed by atoms with E-state index in [9.17, 15) is 17.2 Å². The van der Waals surface area contributed by atoms with Gasteiger partial charge in [0, 0.05) is 5.56 Å². The molecule has 0 aliphatic heterocycles. The van der Waals surface area contributed by atoms with Gasteiger partial charge in [0.15, 0.2) is 0 Å². The van der Waals surface area contributed by atoms with E-state index in [2.05, 4.69) is 14.7 Å². The van der Waals surface area contributed by atoms with E-state index in [1.54, 1.807) is 6.07 Å². The number of hydrogen-bond acceptors (Lipinski definition) is 5. The Morgan fingerprint density at radius 1 is 1.15 bits per heavy atom. The molecule has 26 heavy (non-hydrogen) atoms. The van der Waals surface area contributed by atoms with Crippen molar-refractivity contribution in [1.29, 1.82) is 0 Å². The molecule has 140 valence electrons. The van der Waals surface area contributed by atoms with Crippen LogP contribution in [0.15, 0.2) is 58.5 Å². The Labute approximate surface area is 150 Å². The van der Waals surface area contributed by atoms with Crippen LogP contribution < -0.4 is 14.3 Å². The number of sulfonamides is 1. The Hall–Kier alpha value is -2.68. The van der Waals surface area contributed by atoms with Crippen LogP contribution in [0, 0.1) is 0 Å². The fraction of sp³-hybridized carbons (Fsp3) is 0.235. The zero-order valence-corrected chi connectivity index (χ0v) is 15.0. The standard InChI is InChI=1S/C17H18F2N2O4S/c1-3-24-13-8-10-14(11-9-13)26(22,23)21-20-12(2)15-6-4-5-7-16(15)25-17(18)19/h4-11,17,21H,3H2,1-2H3/b20-12-. The van der Waals surface area contributed by atoms with Gasteiger partial charge in [0.2, 0.25) is 0 Å². The molecule has 0 radical (unpaired) electrons. The number of nitrogens with zero attached hydrogens (tertiary/aromatic N) is 1. The second-order valence-corrected chi connectivity index (χ2v) is 6.73. The third kappa shape index (κ3) is 5.16. The van der Waals surface area contributed by atoms with Crippen LogP contribution >= 0.6 is 0 Å². The van der Waals surface area contributed by atoms with Gasteiger partial charge in [0.25, 0.3) is 10.0 Å². The lowest BCUT2D eigenvalue weighted by molar-refractivity contribution is -0.0499. The highest BCUT2D eigenvalue weighted by Crippen LogP contribution is 2.21. The molecule has 2 rings (SSSR count). The van der Waals surface area contributed by atoms with Crippen molar-refractivity contribution in [3.8, 4) is 11.5 Å². The van der Waals surface area contributed by atoms with Gasteiger partial charge in [-0.05, 0) is 50.2 Å². The van der Waals surface area contributed by atoms with E-state index in [0.29, 0.717) is 12.4 Å². The van der Waals surface area contributed by atoms with Gasteiger partial charge in [0.1, 0.15) is 11.5 Å². The van der Waals surface area contributed by atoms with Crippen molar-refractivity contribution in [1.82, 2.24) is 4.83 Å². The van der Waals surface area contributed by atoms with Gasteiger partial charge in [-0.15, -0.1) is 0 Å². The number of halogens is 2. The first-order valence-corrected chi connectivity index (χ1v) is 9.15. The van der Waals surface area contributed by atoms with Crippen molar-refractivity contribution >= 4 is 15.7 Å². The molecule has 0 bridgehead atoms. The number of hydrogen-bond donors (Lipinski definition) is 1. The average molecular weight is 384 g/mol. The second kappa shape index (κ2) is 8.61. The molecule has 6 nitrogen and oxygen atoms in total. The maximum Gasteiger partial charge on any atom is 0.387 e. The normalized spacial score (nSPS) is 12.1. The number of para-hydroxylation sites is 1. The molecule has 0 amide bonds. The summed E-state index contributed by atoms with van der Waals surface area (Å²) in [7, 11) is -3.91. The minimum atomic E-state index is -3.91. The lowest BCUT2D eigenvalue weighted by atomic mass is 10.1. The molecule has 2 aromatic rings. The zero-order valence-electron chi connectivity index (χ0n) is 14.1.